The Bertz CT molecular complexity index is 166. The van der Waals surface area contributed by atoms with E-state index in [1.54, 1.807) is 6.08 Å². The lowest BCUT2D eigenvalue weighted by Gasteiger charge is -2.08. The number of allylic oxidation sites excluding steroid dienone is 3. The van der Waals surface area contributed by atoms with Gasteiger partial charge in [0.25, 0.3) is 0 Å². The van der Waals surface area contributed by atoms with Crippen molar-refractivity contribution in [2.45, 2.75) is 40.5 Å². The minimum Gasteiger partial charge on any atom is -0.309 e. The SMILES string of the molecule is C=CC.C=CC/C=C(/C)CCN(C)C.CC. The third-order valence-corrected chi connectivity index (χ3v) is 1.59. The topological polar surface area (TPSA) is 3.24 Å². The fraction of sp³-hybridized carbons (Fsp3) is 0.600. The van der Waals surface area contributed by atoms with E-state index in [2.05, 4.69) is 45.2 Å². The highest BCUT2D eigenvalue weighted by atomic mass is 15.0. The zero-order chi connectivity index (χ0) is 13.4. The van der Waals surface area contributed by atoms with Crippen molar-refractivity contribution >= 4 is 0 Å². The van der Waals surface area contributed by atoms with E-state index in [1.165, 1.54) is 12.0 Å². The predicted octanol–water partition coefficient (Wildman–Crippen LogP) is 4.68. The van der Waals surface area contributed by atoms with Gasteiger partial charge in [0.05, 0.1) is 0 Å². The molecule has 0 aromatic rings. The van der Waals surface area contributed by atoms with Gasteiger partial charge in [0.1, 0.15) is 0 Å². The van der Waals surface area contributed by atoms with Gasteiger partial charge in [0.15, 0.2) is 0 Å². The van der Waals surface area contributed by atoms with Crippen LogP contribution in [-0.2, 0) is 0 Å². The smallest absolute Gasteiger partial charge is 0.00124 e. The molecule has 1 nitrogen and oxygen atoms in total. The van der Waals surface area contributed by atoms with Gasteiger partial charge in [-0.2, -0.15) is 0 Å². The number of rotatable bonds is 5. The van der Waals surface area contributed by atoms with Crippen LogP contribution < -0.4 is 0 Å². The first kappa shape index (κ1) is 20.6. The molecule has 0 fully saturated rings. The summed E-state index contributed by atoms with van der Waals surface area (Å²) in [6.45, 7) is 16.2. The third kappa shape index (κ3) is 29.2. The fourth-order valence-electron chi connectivity index (χ4n) is 0.787. The fourth-order valence-corrected chi connectivity index (χ4v) is 0.787. The van der Waals surface area contributed by atoms with Crippen LogP contribution >= 0.6 is 0 Å². The van der Waals surface area contributed by atoms with Crippen LogP contribution in [0.1, 0.15) is 40.5 Å². The van der Waals surface area contributed by atoms with Gasteiger partial charge in [-0.3, -0.25) is 0 Å². The molecule has 16 heavy (non-hydrogen) atoms. The van der Waals surface area contributed by atoms with Gasteiger partial charge in [-0.15, -0.1) is 13.2 Å². The summed E-state index contributed by atoms with van der Waals surface area (Å²) in [4.78, 5) is 2.20. The first-order chi connectivity index (χ1) is 7.58. The number of hydrogen-bond donors (Lipinski definition) is 0. The van der Waals surface area contributed by atoms with Crippen molar-refractivity contribution in [3.05, 3.63) is 37.0 Å². The van der Waals surface area contributed by atoms with E-state index in [9.17, 15) is 0 Å². The van der Waals surface area contributed by atoms with Crippen LogP contribution in [0, 0.1) is 0 Å². The standard InChI is InChI=1S/C10H19N.C3H6.C2H6/c1-5-6-7-10(2)8-9-11(3)4;1-3-2;1-2/h5,7H,1,6,8-9H2,2-4H3;3H,1H2,2H3;1-2H3/b10-7-;;. The average molecular weight is 225 g/mol. The van der Waals surface area contributed by atoms with Crippen molar-refractivity contribution in [3.63, 3.8) is 0 Å². The second kappa shape index (κ2) is 19.7. The van der Waals surface area contributed by atoms with Crippen LogP contribution in [0.5, 0.6) is 0 Å². The first-order valence-electron chi connectivity index (χ1n) is 6.06. The molecule has 0 aliphatic carbocycles. The lowest BCUT2D eigenvalue weighted by atomic mass is 10.2. The van der Waals surface area contributed by atoms with Crippen molar-refractivity contribution in [2.24, 2.45) is 0 Å². The Morgan fingerprint density at radius 2 is 1.62 bits per heavy atom. The molecule has 0 saturated carbocycles. The van der Waals surface area contributed by atoms with E-state index in [4.69, 9.17) is 0 Å². The van der Waals surface area contributed by atoms with Crippen molar-refractivity contribution in [1.82, 2.24) is 4.90 Å². The highest BCUT2D eigenvalue weighted by Crippen LogP contribution is 2.01. The molecule has 0 rings (SSSR count). The first-order valence-corrected chi connectivity index (χ1v) is 6.06. The molecule has 0 aromatic carbocycles. The second-order valence-electron chi connectivity index (χ2n) is 3.54. The van der Waals surface area contributed by atoms with Crippen molar-refractivity contribution in [3.8, 4) is 0 Å². The zero-order valence-electron chi connectivity index (χ0n) is 12.2. The molecule has 0 aliphatic rings. The highest BCUT2D eigenvalue weighted by Gasteiger charge is 1.90. The third-order valence-electron chi connectivity index (χ3n) is 1.59. The van der Waals surface area contributed by atoms with E-state index in [0.29, 0.717) is 0 Å². The van der Waals surface area contributed by atoms with Gasteiger partial charge in [0, 0.05) is 6.54 Å². The van der Waals surface area contributed by atoms with Crippen molar-refractivity contribution in [1.29, 1.82) is 0 Å². The Hall–Kier alpha value is -0.820. The predicted molar refractivity (Wildman–Crippen MR) is 79.0 cm³/mol. The summed E-state index contributed by atoms with van der Waals surface area (Å²) < 4.78 is 0. The number of nitrogens with zero attached hydrogens (tertiary/aromatic N) is 1. The molecule has 1 heteroatoms. The molecule has 0 saturated heterocycles. The molecule has 0 amide bonds. The summed E-state index contributed by atoms with van der Waals surface area (Å²) in [6, 6.07) is 0. The lowest BCUT2D eigenvalue weighted by Crippen LogP contribution is -2.12. The molecule has 0 aliphatic heterocycles. The van der Waals surface area contributed by atoms with Crippen molar-refractivity contribution in [2.75, 3.05) is 20.6 Å². The normalized spacial score (nSPS) is 9.56. The largest absolute Gasteiger partial charge is 0.309 e. The number of hydrogen-bond acceptors (Lipinski definition) is 1. The summed E-state index contributed by atoms with van der Waals surface area (Å²) in [7, 11) is 4.20. The highest BCUT2D eigenvalue weighted by molar-refractivity contribution is 5.00. The minimum atomic E-state index is 0.999. The molecule has 0 N–H and O–H groups in total. The zero-order valence-corrected chi connectivity index (χ0v) is 12.2. The monoisotopic (exact) mass is 225 g/mol. The van der Waals surface area contributed by atoms with E-state index in [0.717, 1.165) is 13.0 Å². The van der Waals surface area contributed by atoms with Crippen LogP contribution in [0.2, 0.25) is 0 Å². The van der Waals surface area contributed by atoms with E-state index in [-0.39, 0.29) is 0 Å². The molecule has 0 spiro atoms. The molecule has 0 radical (unpaired) electrons. The van der Waals surface area contributed by atoms with Gasteiger partial charge in [-0.1, -0.05) is 37.6 Å². The summed E-state index contributed by atoms with van der Waals surface area (Å²) in [5, 5.41) is 0. The molecule has 0 bridgehead atoms. The molecule has 96 valence electrons. The van der Waals surface area contributed by atoms with Crippen LogP contribution in [-0.4, -0.2) is 25.5 Å². The quantitative estimate of drug-likeness (QED) is 0.614. The van der Waals surface area contributed by atoms with Crippen LogP contribution in [0.15, 0.2) is 37.0 Å². The maximum Gasteiger partial charge on any atom is 0.00124 e. The van der Waals surface area contributed by atoms with Gasteiger partial charge < -0.3 is 4.90 Å². The van der Waals surface area contributed by atoms with Gasteiger partial charge >= 0.3 is 0 Å². The van der Waals surface area contributed by atoms with Crippen LogP contribution in [0.3, 0.4) is 0 Å². The van der Waals surface area contributed by atoms with Gasteiger partial charge in [-0.25, -0.2) is 0 Å². The Balaban J connectivity index is -0.000000289. The molecular formula is C15H31N. The summed E-state index contributed by atoms with van der Waals surface area (Å²) in [5.41, 5.74) is 1.46. The molecular weight excluding hydrogens is 194 g/mol. The lowest BCUT2D eigenvalue weighted by molar-refractivity contribution is 0.413. The van der Waals surface area contributed by atoms with Crippen molar-refractivity contribution < 1.29 is 0 Å². The maximum atomic E-state index is 3.67. The molecule has 0 heterocycles. The molecule has 0 unspecified atom stereocenters. The average Bonchev–Trinajstić information content (AvgIpc) is 2.27. The molecule has 0 atom stereocenters. The van der Waals surface area contributed by atoms with E-state index >= 15 is 0 Å². The minimum absolute atomic E-state index is 0.999. The summed E-state index contributed by atoms with van der Waals surface area (Å²) in [6.07, 6.45) is 8.08. The molecule has 0 aromatic heterocycles. The summed E-state index contributed by atoms with van der Waals surface area (Å²) in [5.74, 6) is 0. The Kier molecular flexibility index (Phi) is 25.3. The van der Waals surface area contributed by atoms with E-state index in [1.807, 2.05) is 26.8 Å². The Morgan fingerprint density at radius 3 is 1.94 bits per heavy atom. The Labute approximate surface area is 104 Å². The summed E-state index contributed by atoms with van der Waals surface area (Å²) >= 11 is 0. The Morgan fingerprint density at radius 1 is 1.19 bits per heavy atom. The maximum absolute atomic E-state index is 3.67. The van der Waals surface area contributed by atoms with Gasteiger partial charge in [-0.05, 0) is 40.8 Å². The van der Waals surface area contributed by atoms with Crippen LogP contribution in [0.4, 0.5) is 0 Å². The second-order valence-corrected chi connectivity index (χ2v) is 3.54. The van der Waals surface area contributed by atoms with Crippen LogP contribution in [0.25, 0.3) is 0 Å². The van der Waals surface area contributed by atoms with Gasteiger partial charge in [0.2, 0.25) is 0 Å². The van der Waals surface area contributed by atoms with E-state index < -0.39 is 0 Å².